The van der Waals surface area contributed by atoms with Gasteiger partial charge in [0.05, 0.1) is 0 Å². The quantitative estimate of drug-likeness (QED) is 0.869. The summed E-state index contributed by atoms with van der Waals surface area (Å²) in [6.07, 6.45) is 0. The van der Waals surface area contributed by atoms with E-state index in [0.29, 0.717) is 5.56 Å². The number of benzene rings is 1. The molecule has 0 aromatic heterocycles. The predicted octanol–water partition coefficient (Wildman–Crippen LogP) is 2.79. The van der Waals surface area contributed by atoms with Gasteiger partial charge in [0.1, 0.15) is 0 Å². The van der Waals surface area contributed by atoms with Gasteiger partial charge in [-0.15, -0.1) is 0 Å². The average Bonchev–Trinajstić information content (AvgIpc) is 2.27. The smallest absolute Gasteiger partial charge is 0.294 e. The Balaban J connectivity index is 2.93. The molecule has 0 aliphatic heterocycles. The van der Waals surface area contributed by atoms with Gasteiger partial charge in [-0.05, 0) is 24.3 Å². The monoisotopic (exact) mass is 295 g/mol. The van der Waals surface area contributed by atoms with Crippen LogP contribution >= 0.6 is 0 Å². The summed E-state index contributed by atoms with van der Waals surface area (Å²) in [6.45, 7) is 3.37. The molecule has 0 spiro atoms. The van der Waals surface area contributed by atoms with Crippen LogP contribution in [-0.4, -0.2) is 19.7 Å². The Labute approximate surface area is 108 Å². The summed E-state index contributed by atoms with van der Waals surface area (Å²) >= 11 is 0. The highest BCUT2D eigenvalue weighted by Gasteiger charge is 2.45. The number of nitrogens with one attached hydrogen (secondary N) is 1. The molecule has 0 atom stereocenters. The van der Waals surface area contributed by atoms with E-state index in [9.17, 15) is 26.4 Å². The molecule has 0 aliphatic carbocycles. The zero-order valence-electron chi connectivity index (χ0n) is 10.2. The number of carbonyl (C=O) groups excluding carboxylic acids is 1. The van der Waals surface area contributed by atoms with Crippen LogP contribution in [0.1, 0.15) is 24.2 Å². The molecule has 0 unspecified atom stereocenters. The normalized spacial score (nSPS) is 12.5. The highest BCUT2D eigenvalue weighted by Crippen LogP contribution is 2.25. The fourth-order valence-corrected chi connectivity index (χ4v) is 1.81. The number of hydrogen-bond acceptors (Lipinski definition) is 3. The van der Waals surface area contributed by atoms with E-state index in [1.54, 1.807) is 13.8 Å². The van der Waals surface area contributed by atoms with E-state index in [0.717, 1.165) is 12.1 Å². The van der Waals surface area contributed by atoms with Gasteiger partial charge in [0.15, 0.2) is 5.78 Å². The maximum absolute atomic E-state index is 12.1. The summed E-state index contributed by atoms with van der Waals surface area (Å²) in [5.74, 6) is -0.428. The summed E-state index contributed by atoms with van der Waals surface area (Å²) in [5, 5.41) is 0. The molecule has 1 N–H and O–H groups in total. The van der Waals surface area contributed by atoms with E-state index in [4.69, 9.17) is 0 Å². The Hall–Kier alpha value is -1.57. The zero-order valence-corrected chi connectivity index (χ0v) is 11.0. The molecule has 0 saturated carbocycles. The van der Waals surface area contributed by atoms with Crippen molar-refractivity contribution in [3.8, 4) is 0 Å². The Bertz CT molecular complexity index is 562. The fraction of sp³-hybridized carbons (Fsp3) is 0.364. The van der Waals surface area contributed by atoms with E-state index in [-0.39, 0.29) is 17.4 Å². The molecule has 0 heterocycles. The molecule has 0 aliphatic rings. The minimum absolute atomic E-state index is 0.176. The number of rotatable bonds is 4. The highest BCUT2D eigenvalue weighted by molar-refractivity contribution is 7.93. The summed E-state index contributed by atoms with van der Waals surface area (Å²) in [4.78, 5) is 11.6. The first-order chi connectivity index (χ1) is 8.54. The van der Waals surface area contributed by atoms with Crippen molar-refractivity contribution in [2.24, 2.45) is 5.92 Å². The number of halogens is 3. The molecular weight excluding hydrogens is 283 g/mol. The number of hydrogen-bond donors (Lipinski definition) is 1. The van der Waals surface area contributed by atoms with E-state index in [1.807, 2.05) is 0 Å². The first kappa shape index (κ1) is 15.5. The van der Waals surface area contributed by atoms with E-state index in [2.05, 4.69) is 0 Å². The van der Waals surface area contributed by atoms with Crippen LogP contribution in [0.25, 0.3) is 0 Å². The van der Waals surface area contributed by atoms with Crippen LogP contribution in [0.4, 0.5) is 18.9 Å². The maximum Gasteiger partial charge on any atom is 0.516 e. The van der Waals surface area contributed by atoms with Crippen molar-refractivity contribution in [2.45, 2.75) is 19.4 Å². The number of anilines is 1. The molecule has 1 aromatic rings. The molecule has 0 amide bonds. The van der Waals surface area contributed by atoms with Gasteiger partial charge < -0.3 is 0 Å². The number of sulfonamides is 1. The van der Waals surface area contributed by atoms with Crippen molar-refractivity contribution in [2.75, 3.05) is 4.72 Å². The molecule has 106 valence electrons. The van der Waals surface area contributed by atoms with Crippen molar-refractivity contribution < 1.29 is 26.4 Å². The lowest BCUT2D eigenvalue weighted by molar-refractivity contribution is -0.0429. The molecule has 0 radical (unpaired) electrons. The molecule has 0 fully saturated rings. The second-order valence-corrected chi connectivity index (χ2v) is 5.82. The SMILES string of the molecule is CC(C)C(=O)c1ccc(NS(=O)(=O)C(F)(F)F)cc1. The molecule has 1 rings (SSSR count). The van der Waals surface area contributed by atoms with Crippen LogP contribution in [0, 0.1) is 5.92 Å². The Kier molecular flexibility index (Phi) is 4.24. The van der Waals surface area contributed by atoms with Crippen molar-refractivity contribution in [1.29, 1.82) is 0 Å². The number of alkyl halides is 3. The third-order valence-electron chi connectivity index (χ3n) is 2.25. The number of Topliss-reactive ketones (excluding diaryl/α,β-unsaturated/α-hetero) is 1. The lowest BCUT2D eigenvalue weighted by atomic mass is 10.0. The lowest BCUT2D eigenvalue weighted by Gasteiger charge is -2.11. The summed E-state index contributed by atoms with van der Waals surface area (Å²) in [7, 11) is -5.44. The number of carbonyl (C=O) groups is 1. The van der Waals surface area contributed by atoms with Crippen molar-refractivity contribution in [3.63, 3.8) is 0 Å². The molecule has 8 heteroatoms. The first-order valence-electron chi connectivity index (χ1n) is 5.28. The van der Waals surface area contributed by atoms with E-state index < -0.39 is 15.5 Å². The molecule has 0 bridgehead atoms. The lowest BCUT2D eigenvalue weighted by Crippen LogP contribution is -2.29. The number of ketones is 1. The van der Waals surface area contributed by atoms with Gasteiger partial charge in [0, 0.05) is 17.2 Å². The fourth-order valence-electron chi connectivity index (χ4n) is 1.25. The summed E-state index contributed by atoms with van der Waals surface area (Å²) in [6, 6.07) is 4.77. The standard InChI is InChI=1S/C11H12F3NO3S/c1-7(2)10(16)8-3-5-9(6-4-8)15-19(17,18)11(12,13)14/h3-7,15H,1-2H3. The van der Waals surface area contributed by atoms with Gasteiger partial charge in [0.2, 0.25) is 0 Å². The third-order valence-corrected chi connectivity index (χ3v) is 3.36. The topological polar surface area (TPSA) is 63.2 Å². The Morgan fingerprint density at radius 1 is 1.16 bits per heavy atom. The van der Waals surface area contributed by atoms with Gasteiger partial charge in [0.25, 0.3) is 0 Å². The molecular formula is C11H12F3NO3S. The highest BCUT2D eigenvalue weighted by atomic mass is 32.2. The average molecular weight is 295 g/mol. The Morgan fingerprint density at radius 2 is 1.63 bits per heavy atom. The van der Waals surface area contributed by atoms with E-state index >= 15 is 0 Å². The first-order valence-corrected chi connectivity index (χ1v) is 6.76. The molecule has 19 heavy (non-hydrogen) atoms. The molecule has 1 aromatic carbocycles. The van der Waals surface area contributed by atoms with Crippen LogP contribution in [0.3, 0.4) is 0 Å². The third kappa shape index (κ3) is 3.69. The van der Waals surface area contributed by atoms with Gasteiger partial charge in [-0.25, -0.2) is 0 Å². The molecule has 0 saturated heterocycles. The van der Waals surface area contributed by atoms with Gasteiger partial charge in [-0.3, -0.25) is 9.52 Å². The largest absolute Gasteiger partial charge is 0.516 e. The predicted molar refractivity (Wildman–Crippen MR) is 64.2 cm³/mol. The van der Waals surface area contributed by atoms with Crippen LogP contribution in [0.5, 0.6) is 0 Å². The van der Waals surface area contributed by atoms with Crippen LogP contribution in [0.15, 0.2) is 24.3 Å². The summed E-state index contributed by atoms with van der Waals surface area (Å²) in [5.41, 5.74) is -5.32. The van der Waals surface area contributed by atoms with Crippen LogP contribution in [-0.2, 0) is 10.0 Å². The van der Waals surface area contributed by atoms with Gasteiger partial charge >= 0.3 is 15.5 Å². The second-order valence-electron chi connectivity index (χ2n) is 4.15. The zero-order chi connectivity index (χ0) is 14.8. The molecule has 4 nitrogen and oxygen atoms in total. The van der Waals surface area contributed by atoms with Crippen molar-refractivity contribution >= 4 is 21.5 Å². The van der Waals surface area contributed by atoms with Gasteiger partial charge in [-0.1, -0.05) is 13.8 Å². The van der Waals surface area contributed by atoms with Crippen LogP contribution in [0.2, 0.25) is 0 Å². The Morgan fingerprint density at radius 3 is 2.00 bits per heavy atom. The summed E-state index contributed by atoms with van der Waals surface area (Å²) < 4.78 is 59.5. The van der Waals surface area contributed by atoms with Crippen molar-refractivity contribution in [3.05, 3.63) is 29.8 Å². The minimum Gasteiger partial charge on any atom is -0.294 e. The van der Waals surface area contributed by atoms with Crippen molar-refractivity contribution in [1.82, 2.24) is 0 Å². The van der Waals surface area contributed by atoms with E-state index in [1.165, 1.54) is 16.9 Å². The minimum atomic E-state index is -5.44. The maximum atomic E-state index is 12.1. The van der Waals surface area contributed by atoms with Gasteiger partial charge in [-0.2, -0.15) is 21.6 Å². The van der Waals surface area contributed by atoms with Crippen LogP contribution < -0.4 is 4.72 Å². The second kappa shape index (κ2) is 5.20.